The van der Waals surface area contributed by atoms with Crippen LogP contribution in [-0.4, -0.2) is 36.5 Å². The lowest BCUT2D eigenvalue weighted by molar-refractivity contribution is 0.551. The van der Waals surface area contributed by atoms with Gasteiger partial charge in [0.25, 0.3) is 10.0 Å². The first-order valence-corrected chi connectivity index (χ1v) is 12.8. The molecule has 1 fully saturated rings. The van der Waals surface area contributed by atoms with Crippen LogP contribution in [-0.2, 0) is 10.0 Å². The molecule has 3 heterocycles. The van der Waals surface area contributed by atoms with Gasteiger partial charge in [-0.05, 0) is 48.7 Å². The van der Waals surface area contributed by atoms with E-state index >= 15 is 0 Å². The summed E-state index contributed by atoms with van der Waals surface area (Å²) < 4.78 is 54.7. The maximum absolute atomic E-state index is 14.0. The fourth-order valence-electron chi connectivity index (χ4n) is 3.96. The van der Waals surface area contributed by atoms with Crippen LogP contribution in [0.5, 0.6) is 0 Å². The van der Waals surface area contributed by atoms with Crippen molar-refractivity contribution in [2.24, 2.45) is 0 Å². The van der Waals surface area contributed by atoms with Gasteiger partial charge in [0, 0.05) is 36.3 Å². The number of hydrogen-bond donors (Lipinski definition) is 1. The number of benzene rings is 2. The second kappa shape index (κ2) is 10.3. The van der Waals surface area contributed by atoms with Gasteiger partial charge in [0.1, 0.15) is 28.7 Å². The third-order valence-corrected chi connectivity index (χ3v) is 6.94. The molecule has 2 aromatic heterocycles. The summed E-state index contributed by atoms with van der Waals surface area (Å²) >= 11 is 0. The summed E-state index contributed by atoms with van der Waals surface area (Å²) in [6, 6.07) is 9.62. The first-order chi connectivity index (χ1) is 16.9. The Labute approximate surface area is 202 Å². The van der Waals surface area contributed by atoms with E-state index in [1.807, 2.05) is 32.0 Å². The van der Waals surface area contributed by atoms with Gasteiger partial charge in [-0.3, -0.25) is 9.71 Å². The first-order valence-electron chi connectivity index (χ1n) is 11.3. The molecule has 4 aromatic rings. The highest BCUT2D eigenvalue weighted by molar-refractivity contribution is 7.92. The molecule has 1 aliphatic heterocycles. The SMILES string of the molecule is CC.O=S(=O)(Nc1cncc(-c2ccc3ncnc(N4CCCC4)c3c2)c1)c1ccc(F)cc1F. The number of rotatable bonds is 5. The van der Waals surface area contributed by atoms with E-state index in [9.17, 15) is 17.2 Å². The van der Waals surface area contributed by atoms with Crippen LogP contribution in [0.4, 0.5) is 20.3 Å². The fraction of sp³-hybridized carbons (Fsp3) is 0.240. The van der Waals surface area contributed by atoms with Gasteiger partial charge in [-0.15, -0.1) is 0 Å². The molecule has 0 bridgehead atoms. The molecule has 1 N–H and O–H groups in total. The molecule has 0 saturated carbocycles. The quantitative estimate of drug-likeness (QED) is 0.397. The number of fused-ring (bicyclic) bond motifs is 1. The number of sulfonamides is 1. The predicted octanol–water partition coefficient (Wildman–Crippen LogP) is 5.40. The van der Waals surface area contributed by atoms with Crippen LogP contribution in [0.25, 0.3) is 22.0 Å². The molecule has 10 heteroatoms. The van der Waals surface area contributed by atoms with Gasteiger partial charge in [0.05, 0.1) is 17.4 Å². The molecule has 1 aliphatic rings. The van der Waals surface area contributed by atoms with Gasteiger partial charge in [0.15, 0.2) is 0 Å². The number of nitrogens with one attached hydrogen (secondary N) is 1. The van der Waals surface area contributed by atoms with Crippen molar-refractivity contribution in [3.63, 3.8) is 0 Å². The van der Waals surface area contributed by atoms with E-state index in [1.165, 1.54) is 6.20 Å². The number of halogens is 2. The Morgan fingerprint density at radius 3 is 2.43 bits per heavy atom. The Morgan fingerprint density at radius 2 is 1.69 bits per heavy atom. The van der Waals surface area contributed by atoms with Gasteiger partial charge in [-0.2, -0.15) is 0 Å². The van der Waals surface area contributed by atoms with Crippen molar-refractivity contribution in [2.45, 2.75) is 31.6 Å². The highest BCUT2D eigenvalue weighted by Gasteiger charge is 2.21. The van der Waals surface area contributed by atoms with Crippen LogP contribution in [0.15, 0.2) is 66.1 Å². The molecule has 0 spiro atoms. The van der Waals surface area contributed by atoms with Crippen molar-refractivity contribution in [1.29, 1.82) is 0 Å². The standard InChI is InChI=1S/C23H19F2N5O2S.C2H6/c24-17-4-6-22(20(25)11-17)33(31,32)29-18-9-16(12-26-13-18)15-3-5-21-19(10-15)23(28-14-27-21)30-7-1-2-8-30;1-2/h3-6,9-14,29H,1-2,7-8H2;1-2H3. The highest BCUT2D eigenvalue weighted by Crippen LogP contribution is 2.31. The molecule has 5 rings (SSSR count). The molecule has 7 nitrogen and oxygen atoms in total. The molecule has 35 heavy (non-hydrogen) atoms. The minimum absolute atomic E-state index is 0.153. The predicted molar refractivity (Wildman–Crippen MR) is 133 cm³/mol. The second-order valence-corrected chi connectivity index (χ2v) is 9.42. The van der Waals surface area contributed by atoms with E-state index in [1.54, 1.807) is 18.6 Å². The maximum Gasteiger partial charge on any atom is 0.264 e. The van der Waals surface area contributed by atoms with E-state index in [4.69, 9.17) is 0 Å². The minimum atomic E-state index is -4.27. The Kier molecular flexibility index (Phi) is 7.20. The Bertz CT molecular complexity index is 1460. The van der Waals surface area contributed by atoms with Crippen LogP contribution < -0.4 is 9.62 Å². The average molecular weight is 498 g/mol. The molecular weight excluding hydrogens is 472 g/mol. The van der Waals surface area contributed by atoms with Gasteiger partial charge >= 0.3 is 0 Å². The van der Waals surface area contributed by atoms with Gasteiger partial charge in [-0.1, -0.05) is 19.9 Å². The van der Waals surface area contributed by atoms with Crippen LogP contribution >= 0.6 is 0 Å². The van der Waals surface area contributed by atoms with E-state index in [0.717, 1.165) is 60.3 Å². The van der Waals surface area contributed by atoms with Crippen LogP contribution in [0.3, 0.4) is 0 Å². The summed E-state index contributed by atoms with van der Waals surface area (Å²) in [5, 5.41) is 0.899. The minimum Gasteiger partial charge on any atom is -0.356 e. The summed E-state index contributed by atoms with van der Waals surface area (Å²) in [5.41, 5.74) is 2.43. The third kappa shape index (κ3) is 5.22. The summed E-state index contributed by atoms with van der Waals surface area (Å²) in [6.45, 7) is 5.88. The Balaban J connectivity index is 0.00000141. The molecule has 2 aromatic carbocycles. The summed E-state index contributed by atoms with van der Waals surface area (Å²) in [7, 11) is -4.27. The van der Waals surface area contributed by atoms with Crippen LogP contribution in [0.2, 0.25) is 0 Å². The van der Waals surface area contributed by atoms with Crippen molar-refractivity contribution >= 4 is 32.4 Å². The first kappa shape index (κ1) is 24.5. The Hall–Kier alpha value is -3.66. The zero-order valence-corrected chi connectivity index (χ0v) is 20.2. The Morgan fingerprint density at radius 1 is 0.914 bits per heavy atom. The lowest BCUT2D eigenvalue weighted by Gasteiger charge is -2.18. The average Bonchev–Trinajstić information content (AvgIpc) is 3.39. The monoisotopic (exact) mass is 497 g/mol. The molecular formula is C25H25F2N5O2S. The number of aromatic nitrogens is 3. The summed E-state index contributed by atoms with van der Waals surface area (Å²) in [6.07, 6.45) is 6.72. The van der Waals surface area contributed by atoms with Crippen molar-refractivity contribution in [3.05, 3.63) is 72.8 Å². The van der Waals surface area contributed by atoms with Crippen molar-refractivity contribution in [3.8, 4) is 11.1 Å². The molecule has 0 unspecified atom stereocenters. The molecule has 0 aliphatic carbocycles. The smallest absolute Gasteiger partial charge is 0.264 e. The molecule has 0 amide bonds. The maximum atomic E-state index is 14.0. The molecule has 182 valence electrons. The van der Waals surface area contributed by atoms with Crippen molar-refractivity contribution < 1.29 is 17.2 Å². The zero-order chi connectivity index (χ0) is 25.0. The fourth-order valence-corrected chi connectivity index (χ4v) is 5.06. The summed E-state index contributed by atoms with van der Waals surface area (Å²) in [5.74, 6) is -1.16. The van der Waals surface area contributed by atoms with E-state index in [-0.39, 0.29) is 5.69 Å². The number of hydrogen-bond acceptors (Lipinski definition) is 6. The number of anilines is 2. The number of pyridine rings is 1. The molecule has 0 radical (unpaired) electrons. The number of nitrogens with zero attached hydrogens (tertiary/aromatic N) is 4. The highest BCUT2D eigenvalue weighted by atomic mass is 32.2. The lowest BCUT2D eigenvalue weighted by atomic mass is 10.0. The van der Waals surface area contributed by atoms with Crippen LogP contribution in [0, 0.1) is 11.6 Å². The normalized spacial score (nSPS) is 13.4. The topological polar surface area (TPSA) is 88.1 Å². The van der Waals surface area contributed by atoms with E-state index in [2.05, 4.69) is 24.6 Å². The largest absolute Gasteiger partial charge is 0.356 e. The van der Waals surface area contributed by atoms with Crippen molar-refractivity contribution in [1.82, 2.24) is 15.0 Å². The van der Waals surface area contributed by atoms with E-state index < -0.39 is 26.6 Å². The van der Waals surface area contributed by atoms with E-state index in [0.29, 0.717) is 11.6 Å². The van der Waals surface area contributed by atoms with Crippen LogP contribution in [0.1, 0.15) is 26.7 Å². The summed E-state index contributed by atoms with van der Waals surface area (Å²) in [4.78, 5) is 14.6. The van der Waals surface area contributed by atoms with Gasteiger partial charge in [0.2, 0.25) is 0 Å². The second-order valence-electron chi connectivity index (χ2n) is 7.77. The third-order valence-electron chi connectivity index (χ3n) is 5.53. The van der Waals surface area contributed by atoms with Gasteiger partial charge < -0.3 is 4.90 Å². The van der Waals surface area contributed by atoms with Crippen molar-refractivity contribution in [2.75, 3.05) is 22.7 Å². The van der Waals surface area contributed by atoms with Gasteiger partial charge in [-0.25, -0.2) is 27.2 Å². The lowest BCUT2D eigenvalue weighted by Crippen LogP contribution is -2.19. The molecule has 0 atom stereocenters. The zero-order valence-electron chi connectivity index (χ0n) is 19.4. The molecule has 1 saturated heterocycles.